The van der Waals surface area contributed by atoms with E-state index >= 15 is 0 Å². The fraction of sp³-hybridized carbons (Fsp3) is 0.429. The maximum atomic E-state index is 5.81. The molecule has 0 aromatic heterocycles. The molecule has 0 aliphatic rings. The van der Waals surface area contributed by atoms with E-state index in [-0.39, 0.29) is 6.04 Å². The van der Waals surface area contributed by atoms with Crippen molar-refractivity contribution in [2.75, 3.05) is 13.1 Å². The van der Waals surface area contributed by atoms with E-state index in [1.807, 2.05) is 6.92 Å². The fourth-order valence-corrected chi connectivity index (χ4v) is 2.44. The average molecular weight is 295 g/mol. The summed E-state index contributed by atoms with van der Waals surface area (Å²) in [5, 5.41) is 3.42. The lowest BCUT2D eigenvalue weighted by molar-refractivity contribution is 0.549. The summed E-state index contributed by atoms with van der Waals surface area (Å²) in [6.07, 6.45) is 0.858. The Labute approximate surface area is 112 Å². The lowest BCUT2D eigenvalue weighted by Gasteiger charge is -2.18. The molecular formula is C14H19BrN2. The molecule has 17 heavy (non-hydrogen) atoms. The van der Waals surface area contributed by atoms with Gasteiger partial charge in [0, 0.05) is 30.0 Å². The molecule has 3 N–H and O–H groups in total. The fourth-order valence-electron chi connectivity index (χ4n) is 1.67. The highest BCUT2D eigenvalue weighted by molar-refractivity contribution is 9.10. The Morgan fingerprint density at radius 3 is 2.82 bits per heavy atom. The summed E-state index contributed by atoms with van der Waals surface area (Å²) in [5.74, 6) is 5.93. The van der Waals surface area contributed by atoms with Crippen molar-refractivity contribution in [1.82, 2.24) is 5.32 Å². The maximum absolute atomic E-state index is 5.81. The normalized spacial score (nSPS) is 11.8. The summed E-state index contributed by atoms with van der Waals surface area (Å²) >= 11 is 3.59. The lowest BCUT2D eigenvalue weighted by Crippen LogP contribution is -2.29. The molecule has 92 valence electrons. The molecule has 0 spiro atoms. The van der Waals surface area contributed by atoms with E-state index in [4.69, 9.17) is 5.73 Å². The third kappa shape index (κ3) is 4.51. The Bertz CT molecular complexity index is 418. The molecule has 0 fully saturated rings. The van der Waals surface area contributed by atoms with E-state index in [9.17, 15) is 0 Å². The van der Waals surface area contributed by atoms with Crippen LogP contribution in [0.2, 0.25) is 0 Å². The van der Waals surface area contributed by atoms with Gasteiger partial charge in [0.05, 0.1) is 0 Å². The molecule has 0 saturated heterocycles. The number of nitrogens with two attached hydrogens (primary N) is 1. The van der Waals surface area contributed by atoms with Gasteiger partial charge >= 0.3 is 0 Å². The van der Waals surface area contributed by atoms with Crippen LogP contribution in [0.5, 0.6) is 0 Å². The molecule has 0 heterocycles. The molecule has 0 aliphatic heterocycles. The average Bonchev–Trinajstić information content (AvgIpc) is 2.31. The maximum Gasteiger partial charge on any atom is 0.0456 e. The van der Waals surface area contributed by atoms with Crippen LogP contribution in [-0.4, -0.2) is 13.1 Å². The van der Waals surface area contributed by atoms with E-state index in [0.717, 1.165) is 17.4 Å². The lowest BCUT2D eigenvalue weighted by atomic mass is 10.1. The molecule has 0 bridgehead atoms. The first-order chi connectivity index (χ1) is 8.19. The highest BCUT2D eigenvalue weighted by Crippen LogP contribution is 2.24. The van der Waals surface area contributed by atoms with Gasteiger partial charge in [-0.1, -0.05) is 28.1 Å². The van der Waals surface area contributed by atoms with E-state index in [2.05, 4.69) is 58.2 Å². The van der Waals surface area contributed by atoms with Crippen molar-refractivity contribution in [1.29, 1.82) is 0 Å². The van der Waals surface area contributed by atoms with Gasteiger partial charge < -0.3 is 11.1 Å². The molecule has 0 saturated carbocycles. The van der Waals surface area contributed by atoms with Gasteiger partial charge in [0.1, 0.15) is 0 Å². The van der Waals surface area contributed by atoms with Gasteiger partial charge in [-0.3, -0.25) is 0 Å². The van der Waals surface area contributed by atoms with Gasteiger partial charge in [0.25, 0.3) is 0 Å². The summed E-state index contributed by atoms with van der Waals surface area (Å²) < 4.78 is 1.11. The predicted molar refractivity (Wildman–Crippen MR) is 76.7 cm³/mol. The zero-order chi connectivity index (χ0) is 12.7. The molecule has 0 amide bonds. The summed E-state index contributed by atoms with van der Waals surface area (Å²) in [7, 11) is 0. The third-order valence-electron chi connectivity index (χ3n) is 2.58. The van der Waals surface area contributed by atoms with Crippen LogP contribution >= 0.6 is 15.9 Å². The Morgan fingerprint density at radius 1 is 1.47 bits per heavy atom. The second-order valence-electron chi connectivity index (χ2n) is 3.94. The molecule has 1 unspecified atom stereocenters. The quantitative estimate of drug-likeness (QED) is 0.647. The van der Waals surface area contributed by atoms with Crippen LogP contribution in [0.1, 0.15) is 30.5 Å². The topological polar surface area (TPSA) is 38.0 Å². The molecule has 1 atom stereocenters. The van der Waals surface area contributed by atoms with E-state index < -0.39 is 0 Å². The standard InChI is InChI=1S/C14H19BrN2/c1-3-4-5-8-17-14(10-16)12-7-6-11(2)9-13(12)15/h6-7,9,14,17H,5,8,10,16H2,1-2H3. The van der Waals surface area contributed by atoms with Gasteiger partial charge in [-0.15, -0.1) is 11.8 Å². The van der Waals surface area contributed by atoms with Crippen LogP contribution in [0.4, 0.5) is 0 Å². The Kier molecular flexibility index (Phi) is 6.28. The minimum absolute atomic E-state index is 0.184. The number of hydrogen-bond donors (Lipinski definition) is 2. The molecular weight excluding hydrogens is 276 g/mol. The number of nitrogens with one attached hydrogen (secondary N) is 1. The summed E-state index contributed by atoms with van der Waals surface area (Å²) in [6.45, 7) is 5.39. The first-order valence-electron chi connectivity index (χ1n) is 5.78. The van der Waals surface area contributed by atoms with Crippen molar-refractivity contribution in [3.8, 4) is 11.8 Å². The minimum Gasteiger partial charge on any atom is -0.329 e. The summed E-state index contributed by atoms with van der Waals surface area (Å²) in [4.78, 5) is 0. The van der Waals surface area contributed by atoms with Gasteiger partial charge in [-0.05, 0) is 31.0 Å². The van der Waals surface area contributed by atoms with Crippen LogP contribution in [0, 0.1) is 18.8 Å². The summed E-state index contributed by atoms with van der Waals surface area (Å²) in [5.41, 5.74) is 8.26. The molecule has 0 aliphatic carbocycles. The minimum atomic E-state index is 0.184. The van der Waals surface area contributed by atoms with Crippen molar-refractivity contribution in [3.05, 3.63) is 33.8 Å². The second kappa shape index (κ2) is 7.50. The molecule has 2 nitrogen and oxygen atoms in total. The second-order valence-corrected chi connectivity index (χ2v) is 4.80. The highest BCUT2D eigenvalue weighted by atomic mass is 79.9. The van der Waals surface area contributed by atoms with E-state index in [1.165, 1.54) is 11.1 Å². The first-order valence-corrected chi connectivity index (χ1v) is 6.57. The van der Waals surface area contributed by atoms with Crippen molar-refractivity contribution in [2.45, 2.75) is 26.3 Å². The SMILES string of the molecule is CC#CCCNC(CN)c1ccc(C)cc1Br. The zero-order valence-corrected chi connectivity index (χ0v) is 12.0. The first kappa shape index (κ1) is 14.2. The molecule has 3 heteroatoms. The predicted octanol–water partition coefficient (Wildman–Crippen LogP) is 2.76. The molecule has 1 aromatic carbocycles. The van der Waals surface area contributed by atoms with Crippen LogP contribution in [0.15, 0.2) is 22.7 Å². The smallest absolute Gasteiger partial charge is 0.0456 e. The van der Waals surface area contributed by atoms with E-state index in [1.54, 1.807) is 0 Å². The van der Waals surface area contributed by atoms with Crippen LogP contribution in [0.25, 0.3) is 0 Å². The third-order valence-corrected chi connectivity index (χ3v) is 3.27. The van der Waals surface area contributed by atoms with Crippen LogP contribution in [0.3, 0.4) is 0 Å². The Balaban J connectivity index is 2.68. The summed E-state index contributed by atoms with van der Waals surface area (Å²) in [6, 6.07) is 6.53. The van der Waals surface area contributed by atoms with Gasteiger partial charge in [0.15, 0.2) is 0 Å². The van der Waals surface area contributed by atoms with Crippen LogP contribution < -0.4 is 11.1 Å². The van der Waals surface area contributed by atoms with E-state index in [0.29, 0.717) is 6.54 Å². The number of rotatable bonds is 5. The number of halogens is 1. The molecule has 1 rings (SSSR count). The largest absolute Gasteiger partial charge is 0.329 e. The van der Waals surface area contributed by atoms with Crippen molar-refractivity contribution < 1.29 is 0 Å². The monoisotopic (exact) mass is 294 g/mol. The Morgan fingerprint density at radius 2 is 2.24 bits per heavy atom. The zero-order valence-electron chi connectivity index (χ0n) is 10.4. The number of aryl methyl sites for hydroxylation is 1. The Hall–Kier alpha value is -0.820. The number of benzene rings is 1. The highest BCUT2D eigenvalue weighted by Gasteiger charge is 2.11. The molecule has 1 aromatic rings. The van der Waals surface area contributed by atoms with Crippen molar-refractivity contribution in [2.24, 2.45) is 5.73 Å². The van der Waals surface area contributed by atoms with Gasteiger partial charge in [-0.25, -0.2) is 0 Å². The van der Waals surface area contributed by atoms with Gasteiger partial charge in [-0.2, -0.15) is 0 Å². The number of hydrogen-bond acceptors (Lipinski definition) is 2. The van der Waals surface area contributed by atoms with Crippen molar-refractivity contribution in [3.63, 3.8) is 0 Å². The molecule has 0 radical (unpaired) electrons. The van der Waals surface area contributed by atoms with Crippen LogP contribution in [-0.2, 0) is 0 Å². The van der Waals surface area contributed by atoms with Crippen molar-refractivity contribution >= 4 is 15.9 Å². The van der Waals surface area contributed by atoms with Gasteiger partial charge in [0.2, 0.25) is 0 Å².